The Kier molecular flexibility index (Phi) is 4.34. The Morgan fingerprint density at radius 3 is 2.48 bits per heavy atom. The van der Waals surface area contributed by atoms with Gasteiger partial charge in [-0.05, 0) is 56.0 Å². The van der Waals surface area contributed by atoms with Crippen LogP contribution in [0.5, 0.6) is 0 Å². The Bertz CT molecular complexity index is 752. The number of carbonyl (C=O) groups is 1. The van der Waals surface area contributed by atoms with E-state index in [1.54, 1.807) is 18.3 Å². The number of piperidine rings is 1. The molecule has 0 unspecified atom stereocenters. The summed E-state index contributed by atoms with van der Waals surface area (Å²) in [6.45, 7) is 1.62. The molecular weight excluding hydrogens is 319 g/mol. The summed E-state index contributed by atoms with van der Waals surface area (Å²) in [5.41, 5.74) is 0.793. The summed E-state index contributed by atoms with van der Waals surface area (Å²) >= 11 is 0. The van der Waals surface area contributed by atoms with Crippen LogP contribution in [-0.2, 0) is 4.79 Å². The number of benzene rings is 1. The maximum atomic E-state index is 13.1. The summed E-state index contributed by atoms with van der Waals surface area (Å²) in [5, 5.41) is 3.10. The van der Waals surface area contributed by atoms with Crippen molar-refractivity contribution in [2.75, 3.05) is 18.0 Å². The zero-order valence-electron chi connectivity index (χ0n) is 14.0. The Labute approximate surface area is 146 Å². The average Bonchev–Trinajstić information content (AvgIpc) is 3.46. The Morgan fingerprint density at radius 1 is 1.08 bits per heavy atom. The molecule has 2 heterocycles. The van der Waals surface area contributed by atoms with Crippen LogP contribution in [-0.4, -0.2) is 35.0 Å². The van der Waals surface area contributed by atoms with Crippen LogP contribution in [0.15, 0.2) is 36.5 Å². The second kappa shape index (κ2) is 6.78. The standard InChI is InChI=1S/C19H21FN4O/c20-15-3-1-13(2-4-15)18-21-10-7-17(23-18)24-11-8-14(9-12-24)19(25)22-16-5-6-16/h1-4,7,10,14,16H,5-6,8-9,11-12H2,(H,22,25). The van der Waals surface area contributed by atoms with Crippen molar-refractivity contribution >= 4 is 11.7 Å². The number of halogens is 1. The van der Waals surface area contributed by atoms with Gasteiger partial charge in [0.25, 0.3) is 0 Å². The molecule has 0 bridgehead atoms. The van der Waals surface area contributed by atoms with E-state index in [-0.39, 0.29) is 17.6 Å². The molecule has 0 radical (unpaired) electrons. The van der Waals surface area contributed by atoms with Crippen molar-refractivity contribution < 1.29 is 9.18 Å². The number of carbonyl (C=O) groups excluding carboxylic acids is 1. The van der Waals surface area contributed by atoms with Crippen molar-refractivity contribution in [1.82, 2.24) is 15.3 Å². The third-order valence-electron chi connectivity index (χ3n) is 4.86. The quantitative estimate of drug-likeness (QED) is 0.930. The first-order valence-corrected chi connectivity index (χ1v) is 8.83. The fraction of sp³-hybridized carbons (Fsp3) is 0.421. The first-order chi connectivity index (χ1) is 12.2. The summed E-state index contributed by atoms with van der Waals surface area (Å²) < 4.78 is 13.1. The monoisotopic (exact) mass is 340 g/mol. The lowest BCUT2D eigenvalue weighted by Gasteiger charge is -2.32. The summed E-state index contributed by atoms with van der Waals surface area (Å²) in [6, 6.07) is 8.50. The molecule has 1 saturated carbocycles. The topological polar surface area (TPSA) is 58.1 Å². The highest BCUT2D eigenvalue weighted by Gasteiger charge is 2.30. The van der Waals surface area contributed by atoms with Gasteiger partial charge in [0.15, 0.2) is 5.82 Å². The molecule has 1 aliphatic carbocycles. The van der Waals surface area contributed by atoms with Crippen molar-refractivity contribution in [2.24, 2.45) is 5.92 Å². The van der Waals surface area contributed by atoms with Crippen LogP contribution >= 0.6 is 0 Å². The minimum absolute atomic E-state index is 0.107. The number of nitrogens with one attached hydrogen (secondary N) is 1. The zero-order valence-corrected chi connectivity index (χ0v) is 14.0. The lowest BCUT2D eigenvalue weighted by Crippen LogP contribution is -2.41. The van der Waals surface area contributed by atoms with Crippen molar-refractivity contribution in [3.8, 4) is 11.4 Å². The van der Waals surface area contributed by atoms with Gasteiger partial charge in [0.1, 0.15) is 11.6 Å². The molecule has 1 aromatic carbocycles. The summed E-state index contributed by atoms with van der Waals surface area (Å²) in [5.74, 6) is 1.49. The van der Waals surface area contributed by atoms with E-state index in [9.17, 15) is 9.18 Å². The Hall–Kier alpha value is -2.50. The zero-order chi connectivity index (χ0) is 17.2. The predicted molar refractivity (Wildman–Crippen MR) is 93.5 cm³/mol. The van der Waals surface area contributed by atoms with Crippen LogP contribution in [0.2, 0.25) is 0 Å². The molecule has 5 nitrogen and oxygen atoms in total. The van der Waals surface area contributed by atoms with Crippen LogP contribution in [0.3, 0.4) is 0 Å². The minimum atomic E-state index is -0.272. The average molecular weight is 340 g/mol. The van der Waals surface area contributed by atoms with E-state index in [2.05, 4.69) is 20.2 Å². The van der Waals surface area contributed by atoms with Gasteiger partial charge in [-0.1, -0.05) is 0 Å². The summed E-state index contributed by atoms with van der Waals surface area (Å²) in [6.07, 6.45) is 5.66. The SMILES string of the molecule is O=C(NC1CC1)C1CCN(c2ccnc(-c3ccc(F)cc3)n2)CC1. The van der Waals surface area contributed by atoms with Gasteiger partial charge in [-0.25, -0.2) is 14.4 Å². The molecule has 1 aromatic heterocycles. The molecule has 130 valence electrons. The fourth-order valence-electron chi connectivity index (χ4n) is 3.18. The van der Waals surface area contributed by atoms with Crippen molar-refractivity contribution in [3.05, 3.63) is 42.3 Å². The molecule has 6 heteroatoms. The molecular formula is C19H21FN4O. The number of rotatable bonds is 4. The fourth-order valence-corrected chi connectivity index (χ4v) is 3.18. The number of amides is 1. The highest BCUT2D eigenvalue weighted by molar-refractivity contribution is 5.79. The Morgan fingerprint density at radius 2 is 1.80 bits per heavy atom. The van der Waals surface area contributed by atoms with E-state index in [1.165, 1.54) is 12.1 Å². The van der Waals surface area contributed by atoms with E-state index < -0.39 is 0 Å². The highest BCUT2D eigenvalue weighted by atomic mass is 19.1. The van der Waals surface area contributed by atoms with Gasteiger partial charge in [0.05, 0.1) is 0 Å². The lowest BCUT2D eigenvalue weighted by molar-refractivity contribution is -0.125. The third-order valence-corrected chi connectivity index (χ3v) is 4.86. The van der Waals surface area contributed by atoms with Crippen LogP contribution in [0.4, 0.5) is 10.2 Å². The number of hydrogen-bond acceptors (Lipinski definition) is 4. The molecule has 0 atom stereocenters. The molecule has 1 saturated heterocycles. The predicted octanol–water partition coefficient (Wildman–Crippen LogP) is 2.78. The molecule has 1 amide bonds. The van der Waals surface area contributed by atoms with Crippen molar-refractivity contribution in [3.63, 3.8) is 0 Å². The highest BCUT2D eigenvalue weighted by Crippen LogP contribution is 2.25. The van der Waals surface area contributed by atoms with Gasteiger partial charge in [-0.2, -0.15) is 0 Å². The van der Waals surface area contributed by atoms with Crippen LogP contribution in [0.1, 0.15) is 25.7 Å². The van der Waals surface area contributed by atoms with Gasteiger partial charge >= 0.3 is 0 Å². The van der Waals surface area contributed by atoms with Crippen molar-refractivity contribution in [2.45, 2.75) is 31.7 Å². The maximum absolute atomic E-state index is 13.1. The smallest absolute Gasteiger partial charge is 0.223 e. The second-order valence-corrected chi connectivity index (χ2v) is 6.79. The largest absolute Gasteiger partial charge is 0.356 e. The lowest BCUT2D eigenvalue weighted by atomic mass is 9.96. The normalized spacial score (nSPS) is 18.2. The van der Waals surface area contributed by atoms with E-state index in [0.29, 0.717) is 11.9 Å². The number of nitrogens with zero attached hydrogens (tertiary/aromatic N) is 3. The molecule has 1 aliphatic heterocycles. The molecule has 4 rings (SSSR count). The number of hydrogen-bond donors (Lipinski definition) is 1. The number of anilines is 1. The van der Waals surface area contributed by atoms with Crippen molar-refractivity contribution in [1.29, 1.82) is 0 Å². The summed E-state index contributed by atoms with van der Waals surface area (Å²) in [7, 11) is 0. The first-order valence-electron chi connectivity index (χ1n) is 8.83. The van der Waals surface area contributed by atoms with Crippen LogP contribution in [0, 0.1) is 11.7 Å². The van der Waals surface area contributed by atoms with E-state index in [4.69, 9.17) is 0 Å². The summed E-state index contributed by atoms with van der Waals surface area (Å²) in [4.78, 5) is 23.3. The second-order valence-electron chi connectivity index (χ2n) is 6.79. The molecule has 25 heavy (non-hydrogen) atoms. The molecule has 2 aromatic rings. The van der Waals surface area contributed by atoms with Gasteiger partial charge in [0, 0.05) is 36.8 Å². The number of aromatic nitrogens is 2. The molecule has 2 fully saturated rings. The molecule has 1 N–H and O–H groups in total. The van der Waals surface area contributed by atoms with Gasteiger partial charge < -0.3 is 10.2 Å². The third kappa shape index (κ3) is 3.78. The van der Waals surface area contributed by atoms with Crippen LogP contribution in [0.25, 0.3) is 11.4 Å². The van der Waals surface area contributed by atoms with E-state index in [1.807, 2.05) is 6.07 Å². The minimum Gasteiger partial charge on any atom is -0.356 e. The van der Waals surface area contributed by atoms with Gasteiger partial charge in [-0.15, -0.1) is 0 Å². The first kappa shape index (κ1) is 16.0. The van der Waals surface area contributed by atoms with E-state index >= 15 is 0 Å². The van der Waals surface area contributed by atoms with Gasteiger partial charge in [-0.3, -0.25) is 4.79 Å². The Balaban J connectivity index is 1.41. The van der Waals surface area contributed by atoms with Crippen LogP contribution < -0.4 is 10.2 Å². The molecule has 0 spiro atoms. The van der Waals surface area contributed by atoms with E-state index in [0.717, 1.165) is 50.2 Å². The maximum Gasteiger partial charge on any atom is 0.223 e. The molecule has 2 aliphatic rings. The van der Waals surface area contributed by atoms with Gasteiger partial charge in [0.2, 0.25) is 5.91 Å².